The van der Waals surface area contributed by atoms with Gasteiger partial charge in [0, 0.05) is 19.2 Å². The molecule has 9 heteroatoms. The number of hydrogen-bond acceptors (Lipinski definition) is 6. The zero-order valence-electron chi connectivity index (χ0n) is 14.1. The average molecular weight is 352 g/mol. The third kappa shape index (κ3) is 3.98. The van der Waals surface area contributed by atoms with Crippen molar-refractivity contribution in [3.8, 4) is 11.5 Å². The molecular weight excluding hydrogens is 332 g/mol. The fourth-order valence-corrected chi connectivity index (χ4v) is 2.83. The van der Waals surface area contributed by atoms with E-state index in [1.54, 1.807) is 6.92 Å². The minimum atomic E-state index is -0.976. The fraction of sp³-hybridized carbons (Fsp3) is 0.500. The van der Waals surface area contributed by atoms with Gasteiger partial charge in [0.25, 0.3) is 11.6 Å². The molecule has 0 bridgehead atoms. The van der Waals surface area contributed by atoms with Crippen LogP contribution in [0.25, 0.3) is 0 Å². The number of nitro benzene ring substituents is 1. The molecule has 1 aromatic carbocycles. The summed E-state index contributed by atoms with van der Waals surface area (Å²) in [6.07, 6.45) is 1.01. The number of amides is 1. The van der Waals surface area contributed by atoms with Gasteiger partial charge >= 0.3 is 5.97 Å². The first kappa shape index (κ1) is 18.5. The highest BCUT2D eigenvalue weighted by molar-refractivity contribution is 5.99. The summed E-state index contributed by atoms with van der Waals surface area (Å²) in [4.78, 5) is 36.0. The van der Waals surface area contributed by atoms with Crippen LogP contribution in [0.1, 0.15) is 30.1 Å². The van der Waals surface area contributed by atoms with Crippen LogP contribution in [-0.4, -0.2) is 53.6 Å². The van der Waals surface area contributed by atoms with E-state index in [0.717, 1.165) is 6.07 Å². The molecule has 9 nitrogen and oxygen atoms in total. The molecule has 0 spiro atoms. The molecule has 1 aromatic rings. The minimum absolute atomic E-state index is 0.0286. The number of methoxy groups -OCH3 is 1. The van der Waals surface area contributed by atoms with Gasteiger partial charge in [0.05, 0.1) is 30.6 Å². The summed E-state index contributed by atoms with van der Waals surface area (Å²) in [6, 6.07) is 2.43. The van der Waals surface area contributed by atoms with E-state index in [1.165, 1.54) is 18.1 Å². The van der Waals surface area contributed by atoms with Crippen LogP contribution >= 0.6 is 0 Å². The molecule has 1 unspecified atom stereocenters. The topological polar surface area (TPSA) is 119 Å². The molecule has 1 atom stereocenters. The van der Waals surface area contributed by atoms with Crippen LogP contribution in [0.2, 0.25) is 0 Å². The van der Waals surface area contributed by atoms with Gasteiger partial charge in [-0.15, -0.1) is 0 Å². The lowest BCUT2D eigenvalue weighted by Crippen LogP contribution is -2.42. The normalized spacial score (nSPS) is 17.0. The first-order valence-electron chi connectivity index (χ1n) is 7.90. The molecule has 0 aliphatic carbocycles. The number of piperidine rings is 1. The number of carbonyl (C=O) groups is 2. The highest BCUT2D eigenvalue weighted by Gasteiger charge is 2.32. The smallest absolute Gasteiger partial charge is 0.308 e. The van der Waals surface area contributed by atoms with Crippen molar-refractivity contribution in [2.24, 2.45) is 5.92 Å². The fourth-order valence-electron chi connectivity index (χ4n) is 2.83. The average Bonchev–Trinajstić information content (AvgIpc) is 2.61. The molecule has 25 heavy (non-hydrogen) atoms. The Morgan fingerprint density at radius 1 is 1.40 bits per heavy atom. The van der Waals surface area contributed by atoms with Crippen molar-refractivity contribution in [1.29, 1.82) is 0 Å². The maximum absolute atomic E-state index is 12.8. The van der Waals surface area contributed by atoms with Gasteiger partial charge in [0.2, 0.25) is 0 Å². The van der Waals surface area contributed by atoms with Crippen molar-refractivity contribution in [3.63, 3.8) is 0 Å². The molecule has 1 N–H and O–H groups in total. The molecule has 1 aliphatic heterocycles. The number of ether oxygens (including phenoxy) is 2. The summed E-state index contributed by atoms with van der Waals surface area (Å²) >= 11 is 0. The number of hydrogen-bond donors (Lipinski definition) is 1. The van der Waals surface area contributed by atoms with Crippen LogP contribution < -0.4 is 9.47 Å². The van der Waals surface area contributed by atoms with Crippen LogP contribution in [0.4, 0.5) is 5.69 Å². The van der Waals surface area contributed by atoms with Crippen molar-refractivity contribution >= 4 is 17.6 Å². The molecule has 1 heterocycles. The van der Waals surface area contributed by atoms with Crippen LogP contribution in [0.15, 0.2) is 12.1 Å². The lowest BCUT2D eigenvalue weighted by molar-refractivity contribution is -0.385. The first-order valence-corrected chi connectivity index (χ1v) is 7.90. The van der Waals surface area contributed by atoms with Crippen molar-refractivity contribution in [2.75, 3.05) is 26.8 Å². The quantitative estimate of drug-likeness (QED) is 0.613. The van der Waals surface area contributed by atoms with E-state index >= 15 is 0 Å². The van der Waals surface area contributed by atoms with Gasteiger partial charge < -0.3 is 19.5 Å². The number of likely N-dealkylation sites (tertiary alicyclic amines) is 1. The van der Waals surface area contributed by atoms with E-state index in [2.05, 4.69) is 0 Å². The second-order valence-electron chi connectivity index (χ2n) is 5.64. The first-order chi connectivity index (χ1) is 11.9. The summed E-state index contributed by atoms with van der Waals surface area (Å²) in [6.45, 7) is 2.40. The number of benzene rings is 1. The van der Waals surface area contributed by atoms with Crippen LogP contribution in [0.5, 0.6) is 11.5 Å². The Hall–Kier alpha value is -2.84. The maximum Gasteiger partial charge on any atom is 0.308 e. The number of carbonyl (C=O) groups excluding carboxylic acids is 1. The van der Waals surface area contributed by atoms with Gasteiger partial charge in [-0.05, 0) is 19.8 Å². The maximum atomic E-state index is 12.8. The number of carboxylic acids is 1. The number of nitro groups is 1. The van der Waals surface area contributed by atoms with Crippen LogP contribution in [-0.2, 0) is 4.79 Å². The van der Waals surface area contributed by atoms with E-state index in [1.807, 2.05) is 0 Å². The predicted octanol–water partition coefficient (Wildman–Crippen LogP) is 1.94. The SMILES string of the molecule is CCOc1cc([N+](=O)[O-])c(C(=O)N2CCCC(C(=O)O)C2)cc1OC. The van der Waals surface area contributed by atoms with E-state index in [0.29, 0.717) is 19.4 Å². The van der Waals surface area contributed by atoms with Crippen molar-refractivity contribution in [2.45, 2.75) is 19.8 Å². The highest BCUT2D eigenvalue weighted by Crippen LogP contribution is 2.35. The van der Waals surface area contributed by atoms with Gasteiger partial charge in [-0.3, -0.25) is 19.7 Å². The van der Waals surface area contributed by atoms with Gasteiger partial charge in [-0.2, -0.15) is 0 Å². The lowest BCUT2D eigenvalue weighted by Gasteiger charge is -2.30. The third-order valence-electron chi connectivity index (χ3n) is 4.07. The van der Waals surface area contributed by atoms with E-state index in [-0.39, 0.29) is 30.2 Å². The molecule has 0 radical (unpaired) electrons. The Morgan fingerprint density at radius 3 is 2.68 bits per heavy atom. The Morgan fingerprint density at radius 2 is 2.12 bits per heavy atom. The summed E-state index contributed by atoms with van der Waals surface area (Å²) in [7, 11) is 1.37. The third-order valence-corrected chi connectivity index (χ3v) is 4.07. The standard InChI is InChI=1S/C16H20N2O7/c1-3-25-14-8-12(18(22)23)11(7-13(14)24-2)15(19)17-6-4-5-10(9-17)16(20)21/h7-8,10H,3-6,9H2,1-2H3,(H,20,21). The highest BCUT2D eigenvalue weighted by atomic mass is 16.6. The molecular formula is C16H20N2O7. The zero-order chi connectivity index (χ0) is 18.6. The van der Waals surface area contributed by atoms with Gasteiger partial charge in [0.15, 0.2) is 11.5 Å². The minimum Gasteiger partial charge on any atom is -0.493 e. The molecule has 0 saturated carbocycles. The number of rotatable bonds is 6. The Balaban J connectivity index is 2.40. The van der Waals surface area contributed by atoms with Gasteiger partial charge in [0.1, 0.15) is 5.56 Å². The largest absolute Gasteiger partial charge is 0.493 e. The second-order valence-corrected chi connectivity index (χ2v) is 5.64. The Labute approximate surface area is 144 Å². The summed E-state index contributed by atoms with van der Waals surface area (Å²) in [5.41, 5.74) is -0.539. The number of nitrogens with zero attached hydrogens (tertiary/aromatic N) is 2. The van der Waals surface area contributed by atoms with E-state index < -0.39 is 28.4 Å². The molecule has 1 fully saturated rings. The lowest BCUT2D eigenvalue weighted by atomic mass is 9.97. The van der Waals surface area contributed by atoms with Crippen molar-refractivity contribution < 1.29 is 29.1 Å². The summed E-state index contributed by atoms with van der Waals surface area (Å²) in [5.74, 6) is -1.84. The summed E-state index contributed by atoms with van der Waals surface area (Å²) in [5, 5.41) is 20.5. The number of carboxylic acid groups (broad SMARTS) is 1. The molecule has 136 valence electrons. The van der Waals surface area contributed by atoms with Crippen molar-refractivity contribution in [1.82, 2.24) is 4.90 Å². The van der Waals surface area contributed by atoms with Gasteiger partial charge in [-0.25, -0.2) is 0 Å². The summed E-state index contributed by atoms with van der Waals surface area (Å²) < 4.78 is 10.5. The van der Waals surface area contributed by atoms with Gasteiger partial charge in [-0.1, -0.05) is 0 Å². The Bertz CT molecular complexity index is 689. The second kappa shape index (κ2) is 7.82. The molecule has 1 aliphatic rings. The molecule has 1 saturated heterocycles. The monoisotopic (exact) mass is 352 g/mol. The van der Waals surface area contributed by atoms with E-state index in [9.17, 15) is 19.7 Å². The predicted molar refractivity (Wildman–Crippen MR) is 87.1 cm³/mol. The van der Waals surface area contributed by atoms with Crippen LogP contribution in [0, 0.1) is 16.0 Å². The number of aliphatic carboxylic acids is 1. The van der Waals surface area contributed by atoms with E-state index in [4.69, 9.17) is 14.6 Å². The Kier molecular flexibility index (Phi) is 5.79. The molecule has 2 rings (SSSR count). The zero-order valence-corrected chi connectivity index (χ0v) is 14.1. The van der Waals surface area contributed by atoms with Crippen molar-refractivity contribution in [3.05, 3.63) is 27.8 Å². The van der Waals surface area contributed by atoms with Crippen LogP contribution in [0.3, 0.4) is 0 Å². The molecule has 1 amide bonds. The molecule has 0 aromatic heterocycles.